The maximum absolute atomic E-state index is 11.9. The van der Waals surface area contributed by atoms with Crippen molar-refractivity contribution in [3.8, 4) is 0 Å². The van der Waals surface area contributed by atoms with Crippen molar-refractivity contribution >= 4 is 5.91 Å². The molecule has 1 rings (SSSR count). The first-order valence-corrected chi connectivity index (χ1v) is 6.31. The number of nitrogens with two attached hydrogens (primary N) is 1. The van der Waals surface area contributed by atoms with Crippen molar-refractivity contribution < 1.29 is 4.79 Å². The molecule has 0 saturated heterocycles. The van der Waals surface area contributed by atoms with E-state index in [1.807, 2.05) is 11.9 Å². The highest BCUT2D eigenvalue weighted by Crippen LogP contribution is 2.25. The van der Waals surface area contributed by atoms with E-state index in [4.69, 9.17) is 5.73 Å². The first kappa shape index (κ1) is 13.5. The van der Waals surface area contributed by atoms with Gasteiger partial charge in [-0.2, -0.15) is 0 Å². The van der Waals surface area contributed by atoms with Gasteiger partial charge < -0.3 is 10.6 Å². The van der Waals surface area contributed by atoms with E-state index >= 15 is 0 Å². The summed E-state index contributed by atoms with van der Waals surface area (Å²) in [6, 6.07) is 0.476. The van der Waals surface area contributed by atoms with Crippen LogP contribution in [0.25, 0.3) is 0 Å². The molecule has 0 bridgehead atoms. The Bertz CT molecular complexity index is 241. The van der Waals surface area contributed by atoms with Gasteiger partial charge in [-0.15, -0.1) is 0 Å². The van der Waals surface area contributed by atoms with Gasteiger partial charge in [-0.3, -0.25) is 4.79 Å². The van der Waals surface area contributed by atoms with Gasteiger partial charge in [-0.25, -0.2) is 0 Å². The summed E-state index contributed by atoms with van der Waals surface area (Å²) in [7, 11) is 1.91. The van der Waals surface area contributed by atoms with E-state index in [-0.39, 0.29) is 17.4 Å². The molecule has 0 aromatic heterocycles. The Morgan fingerprint density at radius 2 is 2.00 bits per heavy atom. The minimum Gasteiger partial charge on any atom is -0.343 e. The minimum atomic E-state index is -0.00461. The fourth-order valence-corrected chi connectivity index (χ4v) is 2.20. The van der Waals surface area contributed by atoms with Crippen molar-refractivity contribution in [3.63, 3.8) is 0 Å². The molecule has 3 heteroatoms. The highest BCUT2D eigenvalue weighted by Gasteiger charge is 2.27. The van der Waals surface area contributed by atoms with E-state index in [2.05, 4.69) is 20.8 Å². The van der Waals surface area contributed by atoms with Crippen molar-refractivity contribution in [1.29, 1.82) is 0 Å². The quantitative estimate of drug-likeness (QED) is 0.798. The maximum atomic E-state index is 11.9. The lowest BCUT2D eigenvalue weighted by atomic mass is 9.86. The van der Waals surface area contributed by atoms with Gasteiger partial charge in [0.25, 0.3) is 0 Å². The molecule has 0 spiro atoms. The molecule has 0 aliphatic heterocycles. The van der Waals surface area contributed by atoms with Gasteiger partial charge in [-0.1, -0.05) is 20.8 Å². The van der Waals surface area contributed by atoms with Gasteiger partial charge in [0.15, 0.2) is 0 Å². The molecular formula is C13H26N2O. The van der Waals surface area contributed by atoms with Crippen molar-refractivity contribution in [2.24, 2.45) is 11.1 Å². The third kappa shape index (κ3) is 4.12. The van der Waals surface area contributed by atoms with Crippen LogP contribution >= 0.6 is 0 Å². The van der Waals surface area contributed by atoms with Crippen LogP contribution in [0.1, 0.15) is 52.9 Å². The van der Waals surface area contributed by atoms with E-state index in [1.165, 1.54) is 6.42 Å². The number of hydrogen-bond donors (Lipinski definition) is 1. The van der Waals surface area contributed by atoms with Crippen molar-refractivity contribution in [2.75, 3.05) is 7.05 Å². The van der Waals surface area contributed by atoms with E-state index in [0.717, 1.165) is 19.3 Å². The molecule has 16 heavy (non-hydrogen) atoms. The topological polar surface area (TPSA) is 46.3 Å². The lowest BCUT2D eigenvalue weighted by molar-refractivity contribution is -0.133. The van der Waals surface area contributed by atoms with Gasteiger partial charge in [0, 0.05) is 25.6 Å². The Labute approximate surface area is 99.4 Å². The molecule has 0 aromatic rings. The first-order chi connectivity index (χ1) is 7.29. The van der Waals surface area contributed by atoms with Crippen LogP contribution in [0, 0.1) is 5.41 Å². The maximum Gasteiger partial charge on any atom is 0.224 e. The molecule has 1 amide bonds. The zero-order valence-electron chi connectivity index (χ0n) is 11.1. The average molecular weight is 226 g/mol. The highest BCUT2D eigenvalue weighted by molar-refractivity contribution is 5.77. The molecule has 1 fully saturated rings. The molecule has 0 aromatic carbocycles. The Balaban J connectivity index is 2.32. The van der Waals surface area contributed by atoms with Gasteiger partial charge >= 0.3 is 0 Å². The van der Waals surface area contributed by atoms with Gasteiger partial charge in [0.2, 0.25) is 5.91 Å². The molecular weight excluding hydrogens is 200 g/mol. The third-order valence-corrected chi connectivity index (χ3v) is 3.33. The fourth-order valence-electron chi connectivity index (χ4n) is 2.20. The minimum absolute atomic E-state index is 0.00461. The highest BCUT2D eigenvalue weighted by atomic mass is 16.2. The second-order valence-corrected chi connectivity index (χ2v) is 6.32. The number of hydrogen-bond acceptors (Lipinski definition) is 2. The summed E-state index contributed by atoms with van der Waals surface area (Å²) < 4.78 is 0. The van der Waals surface area contributed by atoms with Crippen LogP contribution in [0.3, 0.4) is 0 Å². The number of rotatable bonds is 4. The summed E-state index contributed by atoms with van der Waals surface area (Å²) in [5, 5.41) is 0. The predicted octanol–water partition coefficient (Wildman–Crippen LogP) is 2.15. The van der Waals surface area contributed by atoms with Crippen LogP contribution in [-0.2, 0) is 4.79 Å². The third-order valence-electron chi connectivity index (χ3n) is 3.33. The molecule has 1 saturated carbocycles. The monoisotopic (exact) mass is 226 g/mol. The summed E-state index contributed by atoms with van der Waals surface area (Å²) in [6.07, 6.45) is 4.98. The van der Waals surface area contributed by atoms with Crippen LogP contribution in [0.15, 0.2) is 0 Å². The van der Waals surface area contributed by atoms with Crippen molar-refractivity contribution in [2.45, 2.75) is 65.0 Å². The van der Waals surface area contributed by atoms with E-state index in [9.17, 15) is 4.79 Å². The normalized spacial score (nSPS) is 19.1. The summed E-state index contributed by atoms with van der Waals surface area (Å²) in [4.78, 5) is 13.8. The van der Waals surface area contributed by atoms with Crippen LogP contribution in [-0.4, -0.2) is 29.9 Å². The van der Waals surface area contributed by atoms with E-state index < -0.39 is 0 Å². The molecule has 0 radical (unpaired) electrons. The number of nitrogens with zero attached hydrogens (tertiary/aromatic N) is 1. The molecule has 1 aliphatic carbocycles. The first-order valence-electron chi connectivity index (χ1n) is 6.31. The fraction of sp³-hybridized carbons (Fsp3) is 0.923. The van der Waals surface area contributed by atoms with E-state index in [1.54, 1.807) is 0 Å². The second kappa shape index (κ2) is 5.17. The van der Waals surface area contributed by atoms with Crippen LogP contribution in [0.5, 0.6) is 0 Å². The Morgan fingerprint density at radius 3 is 2.38 bits per heavy atom. The number of amides is 1. The SMILES string of the molecule is CN(C(=O)CC(N)CC(C)(C)C)C1CCC1. The largest absolute Gasteiger partial charge is 0.343 e. The smallest absolute Gasteiger partial charge is 0.224 e. The predicted molar refractivity (Wildman–Crippen MR) is 67.1 cm³/mol. The standard InChI is InChI=1S/C13H26N2O/c1-13(2,3)9-10(14)8-12(16)15(4)11-6-5-7-11/h10-11H,5-9,14H2,1-4H3. The van der Waals surface area contributed by atoms with Crippen LogP contribution in [0.4, 0.5) is 0 Å². The molecule has 0 heterocycles. The van der Waals surface area contributed by atoms with Crippen LogP contribution < -0.4 is 5.73 Å². The van der Waals surface area contributed by atoms with Gasteiger partial charge in [-0.05, 0) is 31.1 Å². The molecule has 1 atom stereocenters. The summed E-state index contributed by atoms with van der Waals surface area (Å²) in [5.74, 6) is 0.210. The zero-order valence-corrected chi connectivity index (χ0v) is 11.1. The molecule has 94 valence electrons. The molecule has 2 N–H and O–H groups in total. The number of carbonyl (C=O) groups excluding carboxylic acids is 1. The Kier molecular flexibility index (Phi) is 4.36. The van der Waals surface area contributed by atoms with Gasteiger partial charge in [0.1, 0.15) is 0 Å². The molecule has 1 aliphatic rings. The van der Waals surface area contributed by atoms with E-state index in [0.29, 0.717) is 12.5 Å². The van der Waals surface area contributed by atoms with Crippen molar-refractivity contribution in [3.05, 3.63) is 0 Å². The zero-order chi connectivity index (χ0) is 12.3. The Morgan fingerprint density at radius 1 is 1.44 bits per heavy atom. The summed E-state index contributed by atoms with van der Waals surface area (Å²) in [5.41, 5.74) is 6.21. The number of carbonyl (C=O) groups is 1. The second-order valence-electron chi connectivity index (χ2n) is 6.32. The lowest BCUT2D eigenvalue weighted by Gasteiger charge is -2.35. The van der Waals surface area contributed by atoms with Gasteiger partial charge in [0.05, 0.1) is 0 Å². The summed E-state index contributed by atoms with van der Waals surface area (Å²) >= 11 is 0. The Hall–Kier alpha value is -0.570. The van der Waals surface area contributed by atoms with Crippen LogP contribution in [0.2, 0.25) is 0 Å². The molecule has 1 unspecified atom stereocenters. The summed E-state index contributed by atoms with van der Waals surface area (Å²) in [6.45, 7) is 6.48. The molecule has 3 nitrogen and oxygen atoms in total. The van der Waals surface area contributed by atoms with Crippen molar-refractivity contribution in [1.82, 2.24) is 4.90 Å². The lowest BCUT2D eigenvalue weighted by Crippen LogP contribution is -2.43. The average Bonchev–Trinajstić information content (AvgIpc) is 1.96.